The quantitative estimate of drug-likeness (QED) is 0.0197. The molecule has 0 aliphatic carbocycles. The van der Waals surface area contributed by atoms with Crippen molar-refractivity contribution in [3.63, 3.8) is 0 Å². The molecule has 0 spiro atoms. The number of hydrogen-bond acceptors (Lipinski definition) is 10. The van der Waals surface area contributed by atoms with Gasteiger partial charge >= 0.3 is 25.7 Å². The number of carbonyl (C=O) groups is 3. The molecule has 70 heavy (non-hydrogen) atoms. The standard InChI is InChI=1S/C58H97O11P/c1-4-7-10-13-16-19-22-24-26-27-29-30-33-35-38-41-44-47-56(60)65-51-55(69-58(62)49-46-43-40-37-34-31-28-25-23-20-17-14-11-8-5-2)53-67-70(63,64)66-52-54(50-59)68-57(61)48-45-42-39-36-32-21-18-15-12-9-6-3/h7-8,10-11,16-17,19-20,24-26,28,34,37,43,46,54-55,59H,4-6,9,12-15,18,21-23,27,29-33,35-36,38-42,44-45,47-53H2,1-3H3,(H,63,64)/b10-7-,11-8-,19-16-,20-17-,26-24-,28-25-,37-34-,46-43-. The van der Waals surface area contributed by atoms with Gasteiger partial charge in [0.15, 0.2) is 6.10 Å². The minimum atomic E-state index is -4.77. The molecule has 3 atom stereocenters. The van der Waals surface area contributed by atoms with Crippen LogP contribution in [-0.4, -0.2) is 66.5 Å². The molecule has 12 heteroatoms. The lowest BCUT2D eigenvalue weighted by Crippen LogP contribution is -2.30. The second-order valence-electron chi connectivity index (χ2n) is 17.7. The molecule has 0 saturated heterocycles. The third kappa shape index (κ3) is 49.4. The summed E-state index contributed by atoms with van der Waals surface area (Å²) >= 11 is 0. The Bertz CT molecular complexity index is 1540. The fourth-order valence-corrected chi connectivity index (χ4v) is 7.76. The zero-order valence-electron chi connectivity index (χ0n) is 43.9. The van der Waals surface area contributed by atoms with Gasteiger partial charge in [0.05, 0.1) is 26.2 Å². The van der Waals surface area contributed by atoms with Gasteiger partial charge in [-0.05, 0) is 77.0 Å². The van der Waals surface area contributed by atoms with Crippen LogP contribution in [0.15, 0.2) is 97.2 Å². The van der Waals surface area contributed by atoms with Crippen LogP contribution in [0.3, 0.4) is 0 Å². The van der Waals surface area contributed by atoms with E-state index >= 15 is 0 Å². The first-order valence-electron chi connectivity index (χ1n) is 27.1. The van der Waals surface area contributed by atoms with Crippen molar-refractivity contribution in [2.24, 2.45) is 0 Å². The molecule has 3 unspecified atom stereocenters. The van der Waals surface area contributed by atoms with E-state index in [1.54, 1.807) is 6.08 Å². The molecular weight excluding hydrogens is 904 g/mol. The fraction of sp³-hybridized carbons (Fsp3) is 0.672. The Labute approximate surface area is 425 Å². The van der Waals surface area contributed by atoms with Crippen LogP contribution in [-0.2, 0) is 42.2 Å². The lowest BCUT2D eigenvalue weighted by atomic mass is 10.1. The van der Waals surface area contributed by atoms with Gasteiger partial charge in [0.25, 0.3) is 0 Å². The SMILES string of the molecule is CC/C=C\C/C=C\C/C=C\C/C=C\C/C=C\CC(=O)OC(COC(=O)CCCCCCCCC/C=C\C/C=C\C/C=C\CC)COP(=O)(O)OCC(CO)OC(=O)CCCCCCCCCCCCC. The van der Waals surface area contributed by atoms with Crippen molar-refractivity contribution in [3.8, 4) is 0 Å². The summed E-state index contributed by atoms with van der Waals surface area (Å²) in [6, 6.07) is 0. The first kappa shape index (κ1) is 66.4. The number of rotatable bonds is 49. The van der Waals surface area contributed by atoms with Gasteiger partial charge in [0, 0.05) is 12.8 Å². The van der Waals surface area contributed by atoms with Crippen molar-refractivity contribution < 1.29 is 52.2 Å². The number of ether oxygens (including phenoxy) is 3. The van der Waals surface area contributed by atoms with Crippen LogP contribution >= 0.6 is 7.82 Å². The molecule has 0 fully saturated rings. The van der Waals surface area contributed by atoms with Crippen LogP contribution in [0.4, 0.5) is 0 Å². The molecule has 0 saturated carbocycles. The van der Waals surface area contributed by atoms with E-state index in [-0.39, 0.29) is 25.9 Å². The molecule has 400 valence electrons. The van der Waals surface area contributed by atoms with Crippen LogP contribution in [0.1, 0.15) is 213 Å². The summed E-state index contributed by atoms with van der Waals surface area (Å²) in [5.41, 5.74) is 0. The zero-order valence-corrected chi connectivity index (χ0v) is 44.8. The van der Waals surface area contributed by atoms with Crippen LogP contribution in [0.5, 0.6) is 0 Å². The molecule has 0 aromatic rings. The highest BCUT2D eigenvalue weighted by molar-refractivity contribution is 7.47. The molecule has 0 rings (SSSR count). The fourth-order valence-electron chi connectivity index (χ4n) is 6.97. The number of allylic oxidation sites excluding steroid dienone is 15. The lowest BCUT2D eigenvalue weighted by molar-refractivity contribution is -0.160. The molecule has 2 N–H and O–H groups in total. The number of aliphatic hydroxyl groups is 1. The summed E-state index contributed by atoms with van der Waals surface area (Å²) in [6.45, 7) is 4.27. The average Bonchev–Trinajstić information content (AvgIpc) is 3.35. The summed E-state index contributed by atoms with van der Waals surface area (Å²) in [4.78, 5) is 48.3. The summed E-state index contributed by atoms with van der Waals surface area (Å²) in [7, 11) is -4.77. The van der Waals surface area contributed by atoms with Crippen molar-refractivity contribution in [1.82, 2.24) is 0 Å². The minimum absolute atomic E-state index is 0.0697. The first-order chi connectivity index (χ1) is 34.2. The smallest absolute Gasteiger partial charge is 0.462 e. The van der Waals surface area contributed by atoms with Gasteiger partial charge in [-0.1, -0.05) is 214 Å². The first-order valence-corrected chi connectivity index (χ1v) is 28.6. The summed E-state index contributed by atoms with van der Waals surface area (Å²) < 4.78 is 39.3. The largest absolute Gasteiger partial charge is 0.472 e. The van der Waals surface area contributed by atoms with E-state index in [1.165, 1.54) is 57.8 Å². The number of phosphoric ester groups is 1. The number of carbonyl (C=O) groups excluding carboxylic acids is 3. The summed E-state index contributed by atoms with van der Waals surface area (Å²) in [5.74, 6) is -1.63. The molecule has 0 aliphatic rings. The van der Waals surface area contributed by atoms with Crippen LogP contribution < -0.4 is 0 Å². The predicted molar refractivity (Wildman–Crippen MR) is 288 cm³/mol. The summed E-state index contributed by atoms with van der Waals surface area (Å²) in [5, 5.41) is 9.77. The van der Waals surface area contributed by atoms with Crippen molar-refractivity contribution in [1.29, 1.82) is 0 Å². The Balaban J connectivity index is 4.86. The topological polar surface area (TPSA) is 155 Å². The van der Waals surface area contributed by atoms with Crippen molar-refractivity contribution in [2.75, 3.05) is 26.4 Å². The van der Waals surface area contributed by atoms with Crippen molar-refractivity contribution in [3.05, 3.63) is 97.2 Å². The van der Waals surface area contributed by atoms with Gasteiger partial charge in [-0.2, -0.15) is 0 Å². The van der Waals surface area contributed by atoms with Gasteiger partial charge in [-0.3, -0.25) is 23.4 Å². The maximum absolute atomic E-state index is 12.9. The maximum atomic E-state index is 12.9. The predicted octanol–water partition coefficient (Wildman–Crippen LogP) is 15.7. The molecular formula is C58H97O11P. The van der Waals surface area contributed by atoms with Gasteiger partial charge in [-0.25, -0.2) is 4.57 Å². The minimum Gasteiger partial charge on any atom is -0.462 e. The molecule has 0 aliphatic heterocycles. The van der Waals surface area contributed by atoms with Gasteiger partial charge in [-0.15, -0.1) is 0 Å². The number of aliphatic hydroxyl groups excluding tert-OH is 1. The maximum Gasteiger partial charge on any atom is 0.472 e. The van der Waals surface area contributed by atoms with E-state index in [9.17, 15) is 28.9 Å². The second-order valence-corrected chi connectivity index (χ2v) is 19.1. The van der Waals surface area contributed by atoms with Crippen LogP contribution in [0.25, 0.3) is 0 Å². The molecule has 0 aromatic carbocycles. The Hall–Kier alpha value is -3.60. The van der Waals surface area contributed by atoms with Crippen molar-refractivity contribution >= 4 is 25.7 Å². The van der Waals surface area contributed by atoms with E-state index in [0.29, 0.717) is 19.3 Å². The lowest BCUT2D eigenvalue weighted by Gasteiger charge is -2.21. The van der Waals surface area contributed by atoms with Crippen LogP contribution in [0.2, 0.25) is 0 Å². The zero-order chi connectivity index (χ0) is 51.3. The molecule has 0 amide bonds. The highest BCUT2D eigenvalue weighted by Crippen LogP contribution is 2.43. The third-order valence-electron chi connectivity index (χ3n) is 11.0. The second kappa shape index (κ2) is 51.7. The highest BCUT2D eigenvalue weighted by atomic mass is 31.2. The van der Waals surface area contributed by atoms with E-state index < -0.39 is 57.8 Å². The van der Waals surface area contributed by atoms with E-state index in [0.717, 1.165) is 96.3 Å². The molecule has 11 nitrogen and oxygen atoms in total. The van der Waals surface area contributed by atoms with Gasteiger partial charge in [0.1, 0.15) is 12.7 Å². The van der Waals surface area contributed by atoms with E-state index in [1.807, 2.05) is 18.2 Å². The Morgan fingerprint density at radius 2 is 0.800 bits per heavy atom. The van der Waals surface area contributed by atoms with Crippen molar-refractivity contribution in [2.45, 2.75) is 226 Å². The molecule has 0 radical (unpaired) electrons. The normalized spacial score (nSPS) is 14.2. The van der Waals surface area contributed by atoms with Gasteiger partial charge < -0.3 is 24.2 Å². The summed E-state index contributed by atoms with van der Waals surface area (Å²) in [6.07, 6.45) is 59.8. The Kier molecular flexibility index (Phi) is 49.1. The van der Waals surface area contributed by atoms with E-state index in [4.69, 9.17) is 23.3 Å². The molecule has 0 aromatic heterocycles. The van der Waals surface area contributed by atoms with Gasteiger partial charge in [0.2, 0.25) is 0 Å². The number of esters is 3. The van der Waals surface area contributed by atoms with Crippen LogP contribution in [0, 0.1) is 0 Å². The molecule has 0 heterocycles. The highest BCUT2D eigenvalue weighted by Gasteiger charge is 2.28. The monoisotopic (exact) mass is 1000 g/mol. The average molecular weight is 1000 g/mol. The molecule has 0 bridgehead atoms. The number of unbranched alkanes of at least 4 members (excludes halogenated alkanes) is 17. The number of hydrogen-bond donors (Lipinski definition) is 2. The Morgan fingerprint density at radius 3 is 1.26 bits per heavy atom. The van der Waals surface area contributed by atoms with E-state index in [2.05, 4.69) is 93.7 Å². The third-order valence-corrected chi connectivity index (χ3v) is 12.0. The number of phosphoric acid groups is 1. The Morgan fingerprint density at radius 1 is 0.429 bits per heavy atom.